The smallest absolute Gasteiger partial charge is 0.296 e. The molecular weight excluding hydrogens is 853 g/mol. The van der Waals surface area contributed by atoms with Crippen molar-refractivity contribution in [2.24, 2.45) is 5.41 Å². The first-order valence-electron chi connectivity index (χ1n) is 20.8. The number of benzene rings is 3. The van der Waals surface area contributed by atoms with Crippen molar-refractivity contribution in [3.8, 4) is 11.5 Å². The quantitative estimate of drug-likeness (QED) is 0.0763. The molecule has 1 amide bonds. The molecule has 8 rings (SSSR count). The molecule has 1 aliphatic carbocycles. The molecule has 2 fully saturated rings. The first-order chi connectivity index (χ1) is 30.1. The molecule has 4 heterocycles. The highest BCUT2D eigenvalue weighted by molar-refractivity contribution is 7.90. The zero-order chi connectivity index (χ0) is 44.5. The van der Waals surface area contributed by atoms with E-state index in [1.807, 2.05) is 22.9 Å². The number of nitrogens with zero attached hydrogens (tertiary/aromatic N) is 4. The Kier molecular flexibility index (Phi) is 12.8. The van der Waals surface area contributed by atoms with Gasteiger partial charge in [-0.15, -0.1) is 0 Å². The van der Waals surface area contributed by atoms with Crippen LogP contribution in [0.5, 0.6) is 11.5 Å². The maximum Gasteiger partial charge on any atom is 0.296 e. The molecule has 0 spiro atoms. The lowest BCUT2D eigenvalue weighted by atomic mass is 9.72. The van der Waals surface area contributed by atoms with Gasteiger partial charge in [0, 0.05) is 73.2 Å². The van der Waals surface area contributed by atoms with Crippen LogP contribution in [0.3, 0.4) is 0 Å². The molecule has 0 bridgehead atoms. The van der Waals surface area contributed by atoms with Gasteiger partial charge in [0.25, 0.3) is 21.6 Å². The summed E-state index contributed by atoms with van der Waals surface area (Å²) in [4.78, 5) is 36.4. The first kappa shape index (κ1) is 44.0. The number of carbonyl (C=O) groups is 1. The van der Waals surface area contributed by atoms with Crippen LogP contribution in [0.15, 0.2) is 89.6 Å². The average Bonchev–Trinajstić information content (AvgIpc) is 3.73. The molecule has 332 valence electrons. The second-order valence-corrected chi connectivity index (χ2v) is 19.1. The van der Waals surface area contributed by atoms with Crippen LogP contribution in [0.1, 0.15) is 56.0 Å². The highest BCUT2D eigenvalue weighted by Gasteiger charge is 2.33. The summed E-state index contributed by atoms with van der Waals surface area (Å²) in [7, 11) is -4.85. The second kappa shape index (κ2) is 18.3. The van der Waals surface area contributed by atoms with E-state index in [9.17, 15) is 23.3 Å². The van der Waals surface area contributed by atoms with Crippen LogP contribution < -0.4 is 19.7 Å². The fourth-order valence-electron chi connectivity index (χ4n) is 8.40. The lowest BCUT2D eigenvalue weighted by Crippen LogP contribution is -2.52. The molecule has 63 heavy (non-hydrogen) atoms. The van der Waals surface area contributed by atoms with E-state index in [0.29, 0.717) is 54.9 Å². The number of hydrogen-bond acceptors (Lipinski definition) is 12. The number of halogens is 2. The van der Waals surface area contributed by atoms with Crippen LogP contribution >= 0.6 is 11.6 Å². The van der Waals surface area contributed by atoms with Gasteiger partial charge in [0.05, 0.1) is 47.5 Å². The van der Waals surface area contributed by atoms with Gasteiger partial charge in [-0.2, -0.15) is 0 Å². The number of fused-ring (bicyclic) bond motifs is 1. The molecule has 3 N–H and O–H groups in total. The first-order valence-corrected chi connectivity index (χ1v) is 22.7. The number of nitro groups is 1. The molecular formula is C45H49ClFN7O8S. The van der Waals surface area contributed by atoms with Crippen LogP contribution in [0.2, 0.25) is 5.02 Å². The summed E-state index contributed by atoms with van der Waals surface area (Å²) in [5.74, 6) is -1.96. The Hall–Kier alpha value is -5.59. The van der Waals surface area contributed by atoms with Gasteiger partial charge in [-0.3, -0.25) is 19.8 Å². The third kappa shape index (κ3) is 10.1. The molecule has 2 saturated heterocycles. The van der Waals surface area contributed by atoms with Crippen molar-refractivity contribution in [2.75, 3.05) is 62.8 Å². The van der Waals surface area contributed by atoms with Crippen molar-refractivity contribution >= 4 is 61.2 Å². The van der Waals surface area contributed by atoms with Gasteiger partial charge in [-0.25, -0.2) is 22.5 Å². The number of hydrogen-bond donors (Lipinski definition) is 3. The SMILES string of the molecule is CC1CN(c2ccc(C(=O)NS(=O)(=O)c3cc(F)c(NCC4COCCO4)c([N+](=O)[O-])c3)c(Oc3cnc4[nH]ccc4c3)c2)CCN1CC1=C(c2ccc(Cl)cc2)CC(C)(C)CC1. The predicted octanol–water partition coefficient (Wildman–Crippen LogP) is 8.18. The number of amides is 1. The Morgan fingerprint density at radius 2 is 1.92 bits per heavy atom. The Balaban J connectivity index is 1.03. The number of nitrogens with one attached hydrogen (secondary N) is 3. The van der Waals surface area contributed by atoms with E-state index in [1.54, 1.807) is 24.4 Å². The fourth-order valence-corrected chi connectivity index (χ4v) is 9.53. The lowest BCUT2D eigenvalue weighted by molar-refractivity contribution is -0.384. The number of sulfonamides is 1. The maximum atomic E-state index is 15.5. The van der Waals surface area contributed by atoms with Crippen LogP contribution in [-0.4, -0.2) is 98.8 Å². The van der Waals surface area contributed by atoms with Crippen LogP contribution in [0.4, 0.5) is 21.5 Å². The number of aromatic nitrogens is 2. The van der Waals surface area contributed by atoms with Gasteiger partial charge in [0.2, 0.25) is 0 Å². The van der Waals surface area contributed by atoms with E-state index in [-0.39, 0.29) is 35.9 Å². The minimum absolute atomic E-state index is 0.0244. The Morgan fingerprint density at radius 3 is 2.67 bits per heavy atom. The van der Waals surface area contributed by atoms with Crippen molar-refractivity contribution in [1.29, 1.82) is 0 Å². The fraction of sp³-hybridized carbons (Fsp3) is 0.378. The number of pyridine rings is 1. The third-order valence-electron chi connectivity index (χ3n) is 11.9. The van der Waals surface area contributed by atoms with Crippen molar-refractivity contribution in [3.63, 3.8) is 0 Å². The van der Waals surface area contributed by atoms with Gasteiger partial charge in [0.1, 0.15) is 22.8 Å². The number of ether oxygens (including phenoxy) is 3. The molecule has 0 radical (unpaired) electrons. The Bertz CT molecular complexity index is 2670. The van der Waals surface area contributed by atoms with E-state index >= 15 is 4.39 Å². The highest BCUT2D eigenvalue weighted by atomic mass is 35.5. The van der Waals surface area contributed by atoms with E-state index in [1.165, 1.54) is 29.0 Å². The standard InChI is InChI=1S/C45H49ClFN7O8S/c1-28-25-53(15-14-52(28)26-31-10-12-45(2,3)22-38(31)29-4-6-32(46)7-5-29)33-8-9-37(41(19-33)62-34-18-30-11-13-48-43(30)50-23-34)44(55)51-63(58,59)36-20-39(47)42(40(21-36)54(56)57)49-24-35-27-60-16-17-61-35/h4-9,11,13,18-21,23,28,35,49H,10,12,14-17,22,24-27H2,1-3H3,(H,48,50)(H,51,55). The summed E-state index contributed by atoms with van der Waals surface area (Å²) in [5.41, 5.74) is 4.10. The van der Waals surface area contributed by atoms with Crippen LogP contribution in [0, 0.1) is 21.3 Å². The molecule has 2 aromatic heterocycles. The largest absolute Gasteiger partial charge is 0.455 e. The molecule has 15 nitrogen and oxygen atoms in total. The summed E-state index contributed by atoms with van der Waals surface area (Å²) in [5, 5.41) is 16.1. The second-order valence-electron chi connectivity index (χ2n) is 17.0. The van der Waals surface area contributed by atoms with Crippen molar-refractivity contribution in [1.82, 2.24) is 19.6 Å². The number of carbonyl (C=O) groups excluding carboxylic acids is 1. The summed E-state index contributed by atoms with van der Waals surface area (Å²) in [6.45, 7) is 10.7. The molecule has 18 heteroatoms. The predicted molar refractivity (Wildman–Crippen MR) is 239 cm³/mol. The average molecular weight is 902 g/mol. The molecule has 5 aromatic rings. The molecule has 0 saturated carbocycles. The number of H-pyrrole nitrogens is 1. The molecule has 2 aliphatic heterocycles. The van der Waals surface area contributed by atoms with Gasteiger partial charge in [0.15, 0.2) is 5.82 Å². The number of rotatable bonds is 13. The van der Waals surface area contributed by atoms with Crippen molar-refractivity contribution < 1.29 is 36.7 Å². The Labute approximate surface area is 369 Å². The van der Waals surface area contributed by atoms with Gasteiger partial charge < -0.3 is 29.4 Å². The zero-order valence-electron chi connectivity index (χ0n) is 35.2. The zero-order valence-corrected chi connectivity index (χ0v) is 36.7. The van der Waals surface area contributed by atoms with E-state index < -0.39 is 49.0 Å². The van der Waals surface area contributed by atoms with E-state index in [4.69, 9.17) is 25.8 Å². The van der Waals surface area contributed by atoms with Crippen LogP contribution in [0.25, 0.3) is 16.6 Å². The highest BCUT2D eigenvalue weighted by Crippen LogP contribution is 2.44. The number of nitro benzene ring substituents is 1. The lowest BCUT2D eigenvalue weighted by Gasteiger charge is -2.43. The summed E-state index contributed by atoms with van der Waals surface area (Å²) < 4.78 is 61.9. The number of anilines is 2. The van der Waals surface area contributed by atoms with E-state index in [2.05, 4.69) is 58.0 Å². The Morgan fingerprint density at radius 1 is 1.11 bits per heavy atom. The number of allylic oxidation sites excluding steroid dienone is 1. The molecule has 2 atom stereocenters. The summed E-state index contributed by atoms with van der Waals surface area (Å²) in [6.07, 6.45) is 5.83. The van der Waals surface area contributed by atoms with Crippen LogP contribution in [-0.2, 0) is 19.5 Å². The van der Waals surface area contributed by atoms with Gasteiger partial charge in [-0.1, -0.05) is 43.2 Å². The topological polar surface area (TPSA) is 181 Å². The summed E-state index contributed by atoms with van der Waals surface area (Å²) in [6, 6.07) is 18.0. The molecule has 2 unspecified atom stereocenters. The normalized spacial score (nSPS) is 19.5. The van der Waals surface area contributed by atoms with Gasteiger partial charge >= 0.3 is 0 Å². The maximum absolute atomic E-state index is 15.5. The van der Waals surface area contributed by atoms with E-state index in [0.717, 1.165) is 43.4 Å². The minimum Gasteiger partial charge on any atom is -0.455 e. The number of aromatic amines is 1. The van der Waals surface area contributed by atoms with Crippen molar-refractivity contribution in [3.05, 3.63) is 117 Å². The molecule has 3 aromatic carbocycles. The monoisotopic (exact) mass is 901 g/mol. The third-order valence-corrected chi connectivity index (χ3v) is 13.4. The minimum atomic E-state index is -4.85. The number of piperazine rings is 1. The summed E-state index contributed by atoms with van der Waals surface area (Å²) >= 11 is 6.25. The molecule has 3 aliphatic rings. The van der Waals surface area contributed by atoms with Gasteiger partial charge in [-0.05, 0) is 85.2 Å². The van der Waals surface area contributed by atoms with Crippen molar-refractivity contribution in [2.45, 2.75) is 57.1 Å².